The summed E-state index contributed by atoms with van der Waals surface area (Å²) >= 11 is 0. The van der Waals surface area contributed by atoms with Crippen LogP contribution in [0.2, 0.25) is 0 Å². The van der Waals surface area contributed by atoms with E-state index in [4.69, 9.17) is 5.73 Å². The molecule has 6 nitrogen and oxygen atoms in total. The first-order valence-corrected chi connectivity index (χ1v) is 8.28. The van der Waals surface area contributed by atoms with Gasteiger partial charge in [0.25, 0.3) is 0 Å². The molecule has 0 spiro atoms. The number of carbonyl (C=O) groups is 2. The van der Waals surface area contributed by atoms with Crippen LogP contribution in [0.5, 0.6) is 0 Å². The van der Waals surface area contributed by atoms with E-state index in [0.717, 1.165) is 37.8 Å². The second-order valence-corrected chi connectivity index (χ2v) is 6.04. The fraction of sp³-hybridized carbons (Fsp3) is 0.588. The van der Waals surface area contributed by atoms with E-state index in [-0.39, 0.29) is 30.2 Å². The normalized spacial score (nSPS) is 20.8. The van der Waals surface area contributed by atoms with Crippen molar-refractivity contribution in [3.63, 3.8) is 0 Å². The van der Waals surface area contributed by atoms with Crippen LogP contribution in [0.4, 0.5) is 0 Å². The number of pyridine rings is 1. The lowest BCUT2D eigenvalue weighted by Crippen LogP contribution is -2.35. The maximum Gasteiger partial charge on any atom is 0.226 e. The Labute approximate surface area is 137 Å². The molecule has 0 bridgehead atoms. The van der Waals surface area contributed by atoms with Crippen molar-refractivity contribution in [2.75, 3.05) is 20.1 Å². The molecule has 2 rings (SSSR count). The van der Waals surface area contributed by atoms with Gasteiger partial charge in [0.2, 0.25) is 11.8 Å². The summed E-state index contributed by atoms with van der Waals surface area (Å²) in [6, 6.07) is 3.52. The van der Waals surface area contributed by atoms with Crippen LogP contribution in [-0.2, 0) is 9.59 Å². The van der Waals surface area contributed by atoms with Crippen LogP contribution < -0.4 is 11.1 Å². The Balaban J connectivity index is 1.91. The highest BCUT2D eigenvalue weighted by Crippen LogP contribution is 2.36. The molecule has 1 fully saturated rings. The molecule has 0 saturated carbocycles. The zero-order chi connectivity index (χ0) is 16.7. The number of rotatable bonds is 8. The molecule has 126 valence electrons. The van der Waals surface area contributed by atoms with Gasteiger partial charge in [0.15, 0.2) is 0 Å². The zero-order valence-corrected chi connectivity index (χ0v) is 13.7. The highest BCUT2D eigenvalue weighted by atomic mass is 16.2. The van der Waals surface area contributed by atoms with Gasteiger partial charge in [-0.05, 0) is 31.0 Å². The molecule has 3 N–H and O–H groups in total. The molecule has 0 radical (unpaired) electrons. The second kappa shape index (κ2) is 8.62. The van der Waals surface area contributed by atoms with Crippen molar-refractivity contribution in [2.45, 2.75) is 38.1 Å². The fourth-order valence-corrected chi connectivity index (χ4v) is 3.08. The van der Waals surface area contributed by atoms with Crippen LogP contribution in [0.1, 0.15) is 43.7 Å². The maximum atomic E-state index is 12.5. The average Bonchev–Trinajstić information content (AvgIpc) is 2.87. The number of likely N-dealkylation sites (tertiary alicyclic amines) is 1. The van der Waals surface area contributed by atoms with E-state index in [9.17, 15) is 9.59 Å². The first kappa shape index (κ1) is 17.4. The van der Waals surface area contributed by atoms with Crippen molar-refractivity contribution >= 4 is 11.8 Å². The van der Waals surface area contributed by atoms with E-state index in [1.54, 1.807) is 24.3 Å². The molecule has 0 aliphatic carbocycles. The third-order valence-corrected chi connectivity index (χ3v) is 4.38. The number of nitrogens with zero attached hydrogens (tertiary/aromatic N) is 2. The lowest BCUT2D eigenvalue weighted by molar-refractivity contribution is -0.128. The monoisotopic (exact) mass is 318 g/mol. The van der Waals surface area contributed by atoms with Gasteiger partial charge in [0, 0.05) is 32.4 Å². The van der Waals surface area contributed by atoms with Gasteiger partial charge in [-0.1, -0.05) is 18.9 Å². The zero-order valence-electron chi connectivity index (χ0n) is 13.7. The summed E-state index contributed by atoms with van der Waals surface area (Å²) in [7, 11) is 1.75. The summed E-state index contributed by atoms with van der Waals surface area (Å²) in [6.07, 6.45) is 7.81. The molecule has 2 heterocycles. The van der Waals surface area contributed by atoms with Gasteiger partial charge in [-0.25, -0.2) is 0 Å². The molecule has 1 aromatic heterocycles. The molecule has 1 aliphatic rings. The molecular weight excluding hydrogens is 292 g/mol. The molecule has 0 aromatic carbocycles. The minimum absolute atomic E-state index is 0.00180. The van der Waals surface area contributed by atoms with Gasteiger partial charge >= 0.3 is 0 Å². The minimum Gasteiger partial charge on any atom is -0.356 e. The van der Waals surface area contributed by atoms with E-state index in [0.29, 0.717) is 6.54 Å². The van der Waals surface area contributed by atoms with E-state index < -0.39 is 0 Å². The second-order valence-electron chi connectivity index (χ2n) is 6.04. The summed E-state index contributed by atoms with van der Waals surface area (Å²) in [6.45, 7) is 1.37. The number of nitrogens with one attached hydrogen (secondary N) is 1. The summed E-state index contributed by atoms with van der Waals surface area (Å²) in [5, 5.41) is 2.97. The highest BCUT2D eigenvalue weighted by Gasteiger charge is 2.42. The number of hydrogen-bond donors (Lipinski definition) is 2. The molecule has 1 saturated heterocycles. The average molecular weight is 318 g/mol. The summed E-state index contributed by atoms with van der Waals surface area (Å²) in [4.78, 5) is 30.3. The van der Waals surface area contributed by atoms with Crippen LogP contribution in [0.15, 0.2) is 24.5 Å². The van der Waals surface area contributed by atoms with Gasteiger partial charge in [0.05, 0.1) is 12.0 Å². The molecule has 2 atom stereocenters. The van der Waals surface area contributed by atoms with Crippen LogP contribution in [0.3, 0.4) is 0 Å². The first-order chi connectivity index (χ1) is 11.1. The van der Waals surface area contributed by atoms with Crippen LogP contribution in [0.25, 0.3) is 0 Å². The van der Waals surface area contributed by atoms with Crippen LogP contribution >= 0.6 is 0 Å². The largest absolute Gasteiger partial charge is 0.356 e. The number of nitrogens with two attached hydrogens (primary N) is 1. The van der Waals surface area contributed by atoms with Crippen molar-refractivity contribution < 1.29 is 9.59 Å². The predicted octanol–water partition coefficient (Wildman–Crippen LogP) is 1.24. The van der Waals surface area contributed by atoms with Gasteiger partial charge in [-0.2, -0.15) is 0 Å². The van der Waals surface area contributed by atoms with Crippen molar-refractivity contribution in [3.05, 3.63) is 30.1 Å². The molecular formula is C17H26N4O2. The van der Waals surface area contributed by atoms with Crippen molar-refractivity contribution in [1.82, 2.24) is 15.2 Å². The van der Waals surface area contributed by atoms with Crippen LogP contribution in [-0.4, -0.2) is 41.8 Å². The van der Waals surface area contributed by atoms with Gasteiger partial charge < -0.3 is 16.0 Å². The number of hydrogen-bond acceptors (Lipinski definition) is 4. The van der Waals surface area contributed by atoms with E-state index in [1.807, 2.05) is 12.1 Å². The molecule has 6 heteroatoms. The lowest BCUT2D eigenvalue weighted by Gasteiger charge is -2.24. The Morgan fingerprint density at radius 3 is 2.87 bits per heavy atom. The standard InChI is InChI=1S/C17H26N4O2/c1-21-15(22)11-14(16(21)13-7-6-9-19-12-13)17(23)20-10-5-3-2-4-8-18/h6-7,9,12,14,16H,2-5,8,10-11,18H2,1H3,(H,20,23). The third-order valence-electron chi connectivity index (χ3n) is 4.38. The molecule has 1 aromatic rings. The van der Waals surface area contributed by atoms with Gasteiger partial charge in [-0.3, -0.25) is 14.6 Å². The van der Waals surface area contributed by atoms with E-state index in [1.165, 1.54) is 0 Å². The molecule has 23 heavy (non-hydrogen) atoms. The molecule has 2 unspecified atom stereocenters. The fourth-order valence-electron chi connectivity index (χ4n) is 3.08. The Morgan fingerprint density at radius 2 is 2.17 bits per heavy atom. The van der Waals surface area contributed by atoms with Crippen molar-refractivity contribution in [2.24, 2.45) is 11.7 Å². The summed E-state index contributed by atoms with van der Waals surface area (Å²) in [5.41, 5.74) is 6.37. The quantitative estimate of drug-likeness (QED) is 0.706. The predicted molar refractivity (Wildman–Crippen MR) is 88.4 cm³/mol. The number of carbonyl (C=O) groups excluding carboxylic acids is 2. The number of amides is 2. The number of unbranched alkanes of at least 4 members (excludes halogenated alkanes) is 3. The van der Waals surface area contributed by atoms with E-state index >= 15 is 0 Å². The summed E-state index contributed by atoms with van der Waals surface area (Å²) < 4.78 is 0. The Bertz CT molecular complexity index is 521. The lowest BCUT2D eigenvalue weighted by atomic mass is 9.94. The number of aromatic nitrogens is 1. The first-order valence-electron chi connectivity index (χ1n) is 8.28. The summed E-state index contributed by atoms with van der Waals surface area (Å²) in [5.74, 6) is -0.391. The van der Waals surface area contributed by atoms with Gasteiger partial charge in [-0.15, -0.1) is 0 Å². The Kier molecular flexibility index (Phi) is 6.52. The van der Waals surface area contributed by atoms with Crippen molar-refractivity contribution in [1.29, 1.82) is 0 Å². The van der Waals surface area contributed by atoms with E-state index in [2.05, 4.69) is 10.3 Å². The van der Waals surface area contributed by atoms with Gasteiger partial charge in [0.1, 0.15) is 0 Å². The molecule has 1 aliphatic heterocycles. The highest BCUT2D eigenvalue weighted by molar-refractivity contribution is 5.90. The Hall–Kier alpha value is -1.95. The van der Waals surface area contributed by atoms with Crippen molar-refractivity contribution in [3.8, 4) is 0 Å². The SMILES string of the molecule is CN1C(=O)CC(C(=O)NCCCCCCN)C1c1cccnc1. The smallest absolute Gasteiger partial charge is 0.226 e. The van der Waals surface area contributed by atoms with Crippen LogP contribution in [0, 0.1) is 5.92 Å². The Morgan fingerprint density at radius 1 is 1.39 bits per heavy atom. The topological polar surface area (TPSA) is 88.3 Å². The maximum absolute atomic E-state index is 12.5. The minimum atomic E-state index is -0.347. The molecule has 2 amide bonds. The third kappa shape index (κ3) is 4.51.